The van der Waals surface area contributed by atoms with Crippen LogP contribution in [-0.4, -0.2) is 28.3 Å². The summed E-state index contributed by atoms with van der Waals surface area (Å²) >= 11 is 24.7. The molecule has 0 saturated heterocycles. The van der Waals surface area contributed by atoms with Gasteiger partial charge in [0.25, 0.3) is 0 Å². The van der Waals surface area contributed by atoms with Crippen LogP contribution >= 0.6 is 46.4 Å². The molecule has 0 fully saturated rings. The maximum atomic E-state index is 13.4. The van der Waals surface area contributed by atoms with E-state index in [4.69, 9.17) is 46.4 Å². The van der Waals surface area contributed by atoms with Crippen molar-refractivity contribution < 1.29 is 9.59 Å². The molecule has 0 aromatic heterocycles. The Bertz CT molecular complexity index is 937. The molecular formula is C23H26Cl4N2O2. The van der Waals surface area contributed by atoms with Crippen molar-refractivity contribution in [2.45, 2.75) is 58.7 Å². The summed E-state index contributed by atoms with van der Waals surface area (Å²) in [4.78, 5) is 28.0. The maximum absolute atomic E-state index is 13.4. The van der Waals surface area contributed by atoms with Crippen LogP contribution in [0.4, 0.5) is 0 Å². The lowest BCUT2D eigenvalue weighted by molar-refractivity contribution is -0.141. The minimum absolute atomic E-state index is 0.0286. The molecule has 31 heavy (non-hydrogen) atoms. The lowest BCUT2D eigenvalue weighted by Gasteiger charge is -2.33. The predicted molar refractivity (Wildman–Crippen MR) is 129 cm³/mol. The monoisotopic (exact) mass is 502 g/mol. The number of rotatable bonds is 7. The number of hydrogen-bond donors (Lipinski definition) is 1. The average Bonchev–Trinajstić information content (AvgIpc) is 2.66. The fourth-order valence-corrected chi connectivity index (χ4v) is 4.01. The van der Waals surface area contributed by atoms with Gasteiger partial charge in [0.2, 0.25) is 11.8 Å². The molecule has 4 nitrogen and oxygen atoms in total. The van der Waals surface area contributed by atoms with Crippen LogP contribution in [0.15, 0.2) is 36.4 Å². The fraction of sp³-hybridized carbons (Fsp3) is 0.391. The number of hydrogen-bond acceptors (Lipinski definition) is 2. The Labute approximate surface area is 203 Å². The predicted octanol–water partition coefficient (Wildman–Crippen LogP) is 6.56. The first-order valence-electron chi connectivity index (χ1n) is 9.91. The second kappa shape index (κ2) is 10.9. The Morgan fingerprint density at radius 1 is 0.968 bits per heavy atom. The first-order chi connectivity index (χ1) is 14.4. The van der Waals surface area contributed by atoms with Gasteiger partial charge in [-0.3, -0.25) is 9.59 Å². The Balaban J connectivity index is 2.40. The summed E-state index contributed by atoms with van der Waals surface area (Å²) in [6.07, 6.45) is 0.407. The second-order valence-corrected chi connectivity index (χ2v) is 9.94. The van der Waals surface area contributed by atoms with Crippen LogP contribution in [0.1, 0.15) is 45.2 Å². The van der Waals surface area contributed by atoms with Gasteiger partial charge in [-0.15, -0.1) is 0 Å². The van der Waals surface area contributed by atoms with Gasteiger partial charge in [0.15, 0.2) is 0 Å². The zero-order valence-electron chi connectivity index (χ0n) is 17.9. The van der Waals surface area contributed by atoms with Crippen LogP contribution in [0.5, 0.6) is 0 Å². The van der Waals surface area contributed by atoms with E-state index < -0.39 is 11.6 Å². The molecule has 0 aliphatic carbocycles. The molecule has 168 valence electrons. The Hall–Kier alpha value is -1.46. The third kappa shape index (κ3) is 7.28. The third-order valence-electron chi connectivity index (χ3n) is 4.61. The molecule has 0 saturated carbocycles. The largest absolute Gasteiger partial charge is 0.350 e. The summed E-state index contributed by atoms with van der Waals surface area (Å²) in [5.74, 6) is -0.495. The van der Waals surface area contributed by atoms with E-state index in [1.54, 1.807) is 41.3 Å². The second-order valence-electron chi connectivity index (χ2n) is 8.31. The quantitative estimate of drug-likeness (QED) is 0.464. The van der Waals surface area contributed by atoms with E-state index >= 15 is 0 Å². The number of benzene rings is 2. The zero-order valence-corrected chi connectivity index (χ0v) is 21.0. The smallest absolute Gasteiger partial charge is 0.243 e. The van der Waals surface area contributed by atoms with Crippen molar-refractivity contribution in [3.63, 3.8) is 0 Å². The Morgan fingerprint density at radius 2 is 1.58 bits per heavy atom. The van der Waals surface area contributed by atoms with Crippen LogP contribution in [0.25, 0.3) is 0 Å². The minimum atomic E-state index is -0.678. The highest BCUT2D eigenvalue weighted by atomic mass is 35.5. The van der Waals surface area contributed by atoms with Gasteiger partial charge in [-0.2, -0.15) is 0 Å². The maximum Gasteiger partial charge on any atom is 0.243 e. The van der Waals surface area contributed by atoms with Gasteiger partial charge in [0.1, 0.15) is 6.04 Å². The molecule has 2 aromatic rings. The van der Waals surface area contributed by atoms with Crippen molar-refractivity contribution in [3.05, 3.63) is 67.6 Å². The molecular weight excluding hydrogens is 478 g/mol. The summed E-state index contributed by atoms with van der Waals surface area (Å²) in [6, 6.07) is 9.56. The van der Waals surface area contributed by atoms with E-state index in [-0.39, 0.29) is 24.8 Å². The highest BCUT2D eigenvalue weighted by molar-refractivity contribution is 6.42. The average molecular weight is 504 g/mol. The third-order valence-corrected chi connectivity index (χ3v) is 6.06. The number of nitrogens with zero attached hydrogens (tertiary/aromatic N) is 1. The van der Waals surface area contributed by atoms with Crippen LogP contribution in [0.2, 0.25) is 20.1 Å². The van der Waals surface area contributed by atoms with Crippen molar-refractivity contribution in [1.82, 2.24) is 10.2 Å². The topological polar surface area (TPSA) is 49.4 Å². The molecule has 0 aliphatic heterocycles. The van der Waals surface area contributed by atoms with E-state index in [1.165, 1.54) is 0 Å². The molecule has 0 bridgehead atoms. The summed E-state index contributed by atoms with van der Waals surface area (Å²) in [5, 5.41) is 4.58. The van der Waals surface area contributed by atoms with Gasteiger partial charge in [0, 0.05) is 22.1 Å². The van der Waals surface area contributed by atoms with E-state index in [0.29, 0.717) is 32.1 Å². The van der Waals surface area contributed by atoms with Gasteiger partial charge in [-0.25, -0.2) is 0 Å². The first kappa shape index (κ1) is 25.8. The van der Waals surface area contributed by atoms with E-state index in [9.17, 15) is 9.59 Å². The summed E-state index contributed by atoms with van der Waals surface area (Å²) in [7, 11) is 0. The van der Waals surface area contributed by atoms with Crippen molar-refractivity contribution in [1.29, 1.82) is 0 Å². The Kier molecular flexibility index (Phi) is 9.08. The van der Waals surface area contributed by atoms with Crippen LogP contribution < -0.4 is 5.32 Å². The lowest BCUT2D eigenvalue weighted by atomic mass is 10.0. The summed E-state index contributed by atoms with van der Waals surface area (Å²) in [6.45, 7) is 7.74. The minimum Gasteiger partial charge on any atom is -0.350 e. The summed E-state index contributed by atoms with van der Waals surface area (Å²) < 4.78 is 0. The number of carbonyl (C=O) groups excluding carboxylic acids is 2. The highest BCUT2D eigenvalue weighted by Gasteiger charge is 2.31. The number of halogens is 4. The molecule has 2 aromatic carbocycles. The Morgan fingerprint density at radius 3 is 2.10 bits per heavy atom. The molecule has 0 radical (unpaired) electrons. The lowest BCUT2D eigenvalue weighted by Crippen LogP contribution is -2.53. The molecule has 2 rings (SSSR count). The van der Waals surface area contributed by atoms with Crippen LogP contribution in [0, 0.1) is 0 Å². The number of nitrogens with one attached hydrogen (secondary N) is 1. The summed E-state index contributed by atoms with van der Waals surface area (Å²) in [5.41, 5.74) is 0.852. The van der Waals surface area contributed by atoms with Crippen molar-refractivity contribution >= 4 is 58.2 Å². The van der Waals surface area contributed by atoms with Gasteiger partial charge < -0.3 is 10.2 Å². The SMILES string of the molecule is CC[C@H](C(=O)NC(C)(C)C)N(Cc1ccc(Cl)c(Cl)c1)C(=O)Cc1c(Cl)cccc1Cl. The van der Waals surface area contributed by atoms with E-state index in [2.05, 4.69) is 5.32 Å². The van der Waals surface area contributed by atoms with Crippen LogP contribution in [0.3, 0.4) is 0 Å². The first-order valence-corrected chi connectivity index (χ1v) is 11.4. The van der Waals surface area contributed by atoms with Crippen molar-refractivity contribution in [2.24, 2.45) is 0 Å². The molecule has 8 heteroatoms. The van der Waals surface area contributed by atoms with Gasteiger partial charge >= 0.3 is 0 Å². The van der Waals surface area contributed by atoms with Crippen molar-refractivity contribution in [2.75, 3.05) is 0 Å². The zero-order chi connectivity index (χ0) is 23.3. The van der Waals surface area contributed by atoms with E-state index in [1.807, 2.05) is 27.7 Å². The van der Waals surface area contributed by atoms with E-state index in [0.717, 1.165) is 5.56 Å². The number of carbonyl (C=O) groups is 2. The van der Waals surface area contributed by atoms with Gasteiger partial charge in [-0.05, 0) is 62.6 Å². The van der Waals surface area contributed by atoms with Gasteiger partial charge in [0.05, 0.1) is 16.5 Å². The van der Waals surface area contributed by atoms with Crippen LogP contribution in [-0.2, 0) is 22.6 Å². The molecule has 0 spiro atoms. The molecule has 0 heterocycles. The normalized spacial score (nSPS) is 12.4. The number of amides is 2. The van der Waals surface area contributed by atoms with Crippen molar-refractivity contribution in [3.8, 4) is 0 Å². The molecule has 2 amide bonds. The molecule has 1 N–H and O–H groups in total. The molecule has 0 aliphatic rings. The molecule has 0 unspecified atom stereocenters. The standard InChI is InChI=1S/C23H26Cl4N2O2/c1-5-20(22(31)28-23(2,3)4)29(13-14-9-10-18(26)19(27)11-14)21(30)12-15-16(24)7-6-8-17(15)25/h6-11,20H,5,12-13H2,1-4H3,(H,28,31)/t20-/m1/s1. The highest BCUT2D eigenvalue weighted by Crippen LogP contribution is 2.27. The van der Waals surface area contributed by atoms with Gasteiger partial charge in [-0.1, -0.05) is 65.5 Å². The molecule has 1 atom stereocenters. The fourth-order valence-electron chi connectivity index (χ4n) is 3.16.